The molecule has 2 rings (SSSR count). The highest BCUT2D eigenvalue weighted by Crippen LogP contribution is 2.07. The lowest BCUT2D eigenvalue weighted by molar-refractivity contribution is 0.0947. The van der Waals surface area contributed by atoms with Gasteiger partial charge in [0.2, 0.25) is 0 Å². The first-order chi connectivity index (χ1) is 10.8. The Kier molecular flexibility index (Phi) is 7.13. The van der Waals surface area contributed by atoms with E-state index in [1.54, 1.807) is 0 Å². The highest BCUT2D eigenvalue weighted by molar-refractivity contribution is 5.94. The summed E-state index contributed by atoms with van der Waals surface area (Å²) in [6.07, 6.45) is 6.52. The number of rotatable bonds is 7. The number of carbonyl (C=O) groups is 1. The first kappa shape index (κ1) is 16.7. The molecule has 0 radical (unpaired) electrons. The summed E-state index contributed by atoms with van der Waals surface area (Å²) < 4.78 is 0. The second-order valence-electron chi connectivity index (χ2n) is 5.66. The molecule has 1 heterocycles. The summed E-state index contributed by atoms with van der Waals surface area (Å²) in [6, 6.07) is 7.78. The Hall–Kier alpha value is -1.65. The number of benzene rings is 1. The summed E-state index contributed by atoms with van der Waals surface area (Å²) in [5, 5.41) is 6.33. The van der Waals surface area contributed by atoms with Crippen molar-refractivity contribution in [3.05, 3.63) is 41.5 Å². The molecule has 1 aromatic rings. The summed E-state index contributed by atoms with van der Waals surface area (Å²) >= 11 is 0. The predicted octanol–water partition coefficient (Wildman–Crippen LogP) is 2.13. The van der Waals surface area contributed by atoms with Crippen LogP contribution in [0, 0.1) is 0 Å². The van der Waals surface area contributed by atoms with Gasteiger partial charge < -0.3 is 10.6 Å². The molecule has 0 saturated carbocycles. The molecule has 0 aliphatic carbocycles. The third-order valence-electron chi connectivity index (χ3n) is 3.86. The summed E-state index contributed by atoms with van der Waals surface area (Å²) in [6.45, 7) is 8.01. The van der Waals surface area contributed by atoms with Crippen LogP contribution in [0.4, 0.5) is 0 Å². The van der Waals surface area contributed by atoms with E-state index in [1.807, 2.05) is 24.3 Å². The lowest BCUT2D eigenvalue weighted by atomic mass is 10.1. The van der Waals surface area contributed by atoms with Gasteiger partial charge in [0.1, 0.15) is 0 Å². The number of piperazine rings is 1. The highest BCUT2D eigenvalue weighted by atomic mass is 16.1. The number of hydrogen-bond acceptors (Lipinski definition) is 3. The van der Waals surface area contributed by atoms with Crippen LogP contribution in [0.15, 0.2) is 30.3 Å². The smallest absolute Gasteiger partial charge is 0.251 e. The number of nitrogens with one attached hydrogen (secondary N) is 2. The minimum absolute atomic E-state index is 0.0132. The van der Waals surface area contributed by atoms with Crippen molar-refractivity contribution in [3.63, 3.8) is 0 Å². The molecule has 0 unspecified atom stereocenters. The Morgan fingerprint density at radius 1 is 1.27 bits per heavy atom. The van der Waals surface area contributed by atoms with Crippen LogP contribution in [0.2, 0.25) is 0 Å². The zero-order chi connectivity index (χ0) is 15.6. The quantitative estimate of drug-likeness (QED) is 0.811. The average molecular weight is 301 g/mol. The van der Waals surface area contributed by atoms with Crippen molar-refractivity contribution >= 4 is 12.0 Å². The molecule has 22 heavy (non-hydrogen) atoms. The molecule has 1 saturated heterocycles. The Balaban J connectivity index is 1.74. The average Bonchev–Trinajstić information content (AvgIpc) is 2.56. The third-order valence-corrected chi connectivity index (χ3v) is 3.86. The lowest BCUT2D eigenvalue weighted by Gasteiger charge is -2.27. The van der Waals surface area contributed by atoms with E-state index in [0.29, 0.717) is 6.54 Å². The van der Waals surface area contributed by atoms with Crippen LogP contribution in [0.1, 0.15) is 35.7 Å². The molecule has 1 aliphatic rings. The maximum absolute atomic E-state index is 12.1. The monoisotopic (exact) mass is 301 g/mol. The van der Waals surface area contributed by atoms with Crippen molar-refractivity contribution in [1.82, 2.24) is 15.5 Å². The zero-order valence-corrected chi connectivity index (χ0v) is 13.5. The first-order valence-corrected chi connectivity index (χ1v) is 8.27. The lowest BCUT2D eigenvalue weighted by Crippen LogP contribution is -2.46. The fourth-order valence-electron chi connectivity index (χ4n) is 2.50. The maximum Gasteiger partial charge on any atom is 0.251 e. The summed E-state index contributed by atoms with van der Waals surface area (Å²) in [4.78, 5) is 14.5. The van der Waals surface area contributed by atoms with E-state index in [2.05, 4.69) is 34.6 Å². The van der Waals surface area contributed by atoms with E-state index >= 15 is 0 Å². The Labute approximate surface area is 133 Å². The maximum atomic E-state index is 12.1. The van der Waals surface area contributed by atoms with Gasteiger partial charge in [-0.3, -0.25) is 9.69 Å². The van der Waals surface area contributed by atoms with Gasteiger partial charge in [0.05, 0.1) is 0 Å². The van der Waals surface area contributed by atoms with Crippen molar-refractivity contribution in [3.8, 4) is 0 Å². The molecule has 1 aliphatic heterocycles. The second-order valence-corrected chi connectivity index (χ2v) is 5.66. The van der Waals surface area contributed by atoms with Gasteiger partial charge >= 0.3 is 0 Å². The minimum Gasteiger partial charge on any atom is -0.351 e. The van der Waals surface area contributed by atoms with Crippen LogP contribution in [0.3, 0.4) is 0 Å². The number of allylic oxidation sites excluding steroid dienone is 1. The van der Waals surface area contributed by atoms with Gasteiger partial charge in [-0.2, -0.15) is 0 Å². The highest BCUT2D eigenvalue weighted by Gasteiger charge is 2.10. The fourth-order valence-corrected chi connectivity index (χ4v) is 2.50. The van der Waals surface area contributed by atoms with Crippen molar-refractivity contribution < 1.29 is 4.79 Å². The molecule has 1 amide bonds. The van der Waals surface area contributed by atoms with E-state index in [-0.39, 0.29) is 5.91 Å². The molecule has 2 N–H and O–H groups in total. The molecule has 0 spiro atoms. The standard InChI is InChI=1S/C18H27N3O/c1-2-3-4-5-16-6-8-17(9-7-16)18(22)20-12-15-21-13-10-19-11-14-21/h4-9,19H,2-3,10-15H2,1H3,(H,20,22). The van der Waals surface area contributed by atoms with E-state index in [0.717, 1.165) is 56.7 Å². The largest absolute Gasteiger partial charge is 0.351 e. The Bertz CT molecular complexity index is 476. The van der Waals surface area contributed by atoms with Gasteiger partial charge in [-0.1, -0.05) is 37.6 Å². The van der Waals surface area contributed by atoms with Crippen LogP contribution in [0.25, 0.3) is 6.08 Å². The second kappa shape index (κ2) is 9.38. The van der Waals surface area contributed by atoms with E-state index < -0.39 is 0 Å². The van der Waals surface area contributed by atoms with Crippen molar-refractivity contribution in [2.45, 2.75) is 19.8 Å². The fraction of sp³-hybridized carbons (Fsp3) is 0.500. The van der Waals surface area contributed by atoms with E-state index in [9.17, 15) is 4.79 Å². The van der Waals surface area contributed by atoms with Crippen LogP contribution < -0.4 is 10.6 Å². The molecule has 1 aromatic carbocycles. The Morgan fingerprint density at radius 3 is 2.68 bits per heavy atom. The third kappa shape index (κ3) is 5.62. The van der Waals surface area contributed by atoms with E-state index in [1.165, 1.54) is 0 Å². The molecule has 120 valence electrons. The number of unbranched alkanes of at least 4 members (excludes halogenated alkanes) is 1. The minimum atomic E-state index is 0.0132. The molecule has 0 aromatic heterocycles. The summed E-state index contributed by atoms with van der Waals surface area (Å²) in [5.41, 5.74) is 1.87. The van der Waals surface area contributed by atoms with Gasteiger partial charge in [-0.25, -0.2) is 0 Å². The van der Waals surface area contributed by atoms with Gasteiger partial charge in [0, 0.05) is 44.8 Å². The molecular weight excluding hydrogens is 274 g/mol. The topological polar surface area (TPSA) is 44.4 Å². The van der Waals surface area contributed by atoms with Crippen LogP contribution in [-0.2, 0) is 0 Å². The van der Waals surface area contributed by atoms with Crippen molar-refractivity contribution in [1.29, 1.82) is 0 Å². The van der Waals surface area contributed by atoms with Gasteiger partial charge in [0.15, 0.2) is 0 Å². The first-order valence-electron chi connectivity index (χ1n) is 8.27. The van der Waals surface area contributed by atoms with Crippen LogP contribution >= 0.6 is 0 Å². The SMILES string of the molecule is CCCC=Cc1ccc(C(=O)NCCN2CCNCC2)cc1. The van der Waals surface area contributed by atoms with Crippen molar-refractivity contribution in [2.24, 2.45) is 0 Å². The molecular formula is C18H27N3O. The number of carbonyl (C=O) groups excluding carboxylic acids is 1. The van der Waals surface area contributed by atoms with Crippen LogP contribution in [-0.4, -0.2) is 50.1 Å². The van der Waals surface area contributed by atoms with E-state index in [4.69, 9.17) is 0 Å². The van der Waals surface area contributed by atoms with Gasteiger partial charge in [-0.15, -0.1) is 0 Å². The normalized spacial score (nSPS) is 16.0. The number of nitrogens with zero attached hydrogens (tertiary/aromatic N) is 1. The number of amides is 1. The predicted molar refractivity (Wildman–Crippen MR) is 92.0 cm³/mol. The van der Waals surface area contributed by atoms with Crippen LogP contribution in [0.5, 0.6) is 0 Å². The Morgan fingerprint density at radius 2 is 2.00 bits per heavy atom. The molecule has 4 nitrogen and oxygen atoms in total. The zero-order valence-electron chi connectivity index (χ0n) is 13.5. The molecule has 0 bridgehead atoms. The van der Waals surface area contributed by atoms with Crippen molar-refractivity contribution in [2.75, 3.05) is 39.3 Å². The summed E-state index contributed by atoms with van der Waals surface area (Å²) in [7, 11) is 0. The van der Waals surface area contributed by atoms with Gasteiger partial charge in [-0.05, 0) is 24.1 Å². The molecule has 0 atom stereocenters. The van der Waals surface area contributed by atoms with Gasteiger partial charge in [0.25, 0.3) is 5.91 Å². The molecule has 1 fully saturated rings. The molecule has 4 heteroatoms. The number of hydrogen-bond donors (Lipinski definition) is 2. The summed E-state index contributed by atoms with van der Waals surface area (Å²) in [5.74, 6) is 0.0132.